The van der Waals surface area contributed by atoms with Crippen molar-refractivity contribution in [2.45, 2.75) is 43.4 Å². The SMILES string of the molecule is CN(Cc1ccccc1)C(=O)C1(c2ccccc2)CCC2(CC1)OCCO2. The fourth-order valence-electron chi connectivity index (χ4n) is 4.52. The summed E-state index contributed by atoms with van der Waals surface area (Å²) in [5, 5.41) is 0. The molecule has 0 atom stereocenters. The number of ether oxygens (including phenoxy) is 2. The van der Waals surface area contributed by atoms with Crippen molar-refractivity contribution in [1.82, 2.24) is 4.90 Å². The highest BCUT2D eigenvalue weighted by Gasteiger charge is 2.51. The molecule has 0 N–H and O–H groups in total. The number of carbonyl (C=O) groups is 1. The van der Waals surface area contributed by atoms with E-state index < -0.39 is 11.2 Å². The van der Waals surface area contributed by atoms with E-state index in [1.165, 1.54) is 0 Å². The molecule has 1 saturated heterocycles. The summed E-state index contributed by atoms with van der Waals surface area (Å²) in [6.07, 6.45) is 3.00. The van der Waals surface area contributed by atoms with Crippen molar-refractivity contribution in [2.24, 2.45) is 0 Å². The number of carbonyl (C=O) groups excluding carboxylic acids is 1. The van der Waals surface area contributed by atoms with Crippen LogP contribution in [0.25, 0.3) is 0 Å². The maximum Gasteiger partial charge on any atom is 0.233 e. The number of hydrogen-bond donors (Lipinski definition) is 0. The van der Waals surface area contributed by atoms with E-state index in [4.69, 9.17) is 9.47 Å². The van der Waals surface area contributed by atoms with Gasteiger partial charge in [-0.05, 0) is 24.0 Å². The minimum Gasteiger partial charge on any atom is -0.348 e. The van der Waals surface area contributed by atoms with Gasteiger partial charge in [-0.3, -0.25) is 4.79 Å². The Labute approximate surface area is 161 Å². The molecule has 1 heterocycles. The zero-order valence-corrected chi connectivity index (χ0v) is 15.9. The lowest BCUT2D eigenvalue weighted by Crippen LogP contribution is -2.51. The first-order valence-electron chi connectivity index (χ1n) is 9.77. The molecule has 0 aromatic heterocycles. The summed E-state index contributed by atoms with van der Waals surface area (Å²) in [5.41, 5.74) is 1.74. The van der Waals surface area contributed by atoms with Gasteiger partial charge in [0.2, 0.25) is 5.91 Å². The highest BCUT2D eigenvalue weighted by molar-refractivity contribution is 5.88. The first-order valence-corrected chi connectivity index (χ1v) is 9.77. The van der Waals surface area contributed by atoms with Crippen LogP contribution in [0.1, 0.15) is 36.8 Å². The third kappa shape index (κ3) is 3.52. The van der Waals surface area contributed by atoms with Crippen LogP contribution < -0.4 is 0 Å². The third-order valence-electron chi connectivity index (χ3n) is 6.02. The molecule has 2 aromatic rings. The van der Waals surface area contributed by atoms with Gasteiger partial charge in [-0.2, -0.15) is 0 Å². The molecular weight excluding hydrogens is 338 g/mol. The van der Waals surface area contributed by atoms with Crippen LogP contribution in [0.2, 0.25) is 0 Å². The Morgan fingerprint density at radius 2 is 1.44 bits per heavy atom. The van der Waals surface area contributed by atoms with Crippen LogP contribution in [-0.2, 0) is 26.2 Å². The Bertz CT molecular complexity index is 759. The number of hydrogen-bond acceptors (Lipinski definition) is 3. The van der Waals surface area contributed by atoms with Gasteiger partial charge in [-0.15, -0.1) is 0 Å². The molecule has 0 unspecified atom stereocenters. The minimum absolute atomic E-state index is 0.186. The monoisotopic (exact) mass is 365 g/mol. The van der Waals surface area contributed by atoms with Crippen molar-refractivity contribution in [2.75, 3.05) is 20.3 Å². The molecule has 2 fully saturated rings. The van der Waals surface area contributed by atoms with Gasteiger partial charge in [0.15, 0.2) is 5.79 Å². The molecule has 0 radical (unpaired) electrons. The molecule has 4 nitrogen and oxygen atoms in total. The van der Waals surface area contributed by atoms with Crippen molar-refractivity contribution in [1.29, 1.82) is 0 Å². The summed E-state index contributed by atoms with van der Waals surface area (Å²) in [5.74, 6) is -0.290. The van der Waals surface area contributed by atoms with E-state index in [9.17, 15) is 4.79 Å². The Kier molecular flexibility index (Phi) is 5.02. The second-order valence-electron chi connectivity index (χ2n) is 7.70. The van der Waals surface area contributed by atoms with Gasteiger partial charge in [0.05, 0.1) is 18.6 Å². The highest BCUT2D eigenvalue weighted by Crippen LogP contribution is 2.47. The van der Waals surface area contributed by atoms with E-state index >= 15 is 0 Å². The topological polar surface area (TPSA) is 38.8 Å². The second-order valence-corrected chi connectivity index (χ2v) is 7.70. The number of likely N-dealkylation sites (N-methyl/N-ethyl adjacent to an activating group) is 1. The van der Waals surface area contributed by atoms with Crippen LogP contribution in [0.15, 0.2) is 60.7 Å². The fraction of sp³-hybridized carbons (Fsp3) is 0.435. The third-order valence-corrected chi connectivity index (χ3v) is 6.02. The van der Waals surface area contributed by atoms with Crippen LogP contribution in [0, 0.1) is 0 Å². The summed E-state index contributed by atoms with van der Waals surface area (Å²) >= 11 is 0. The maximum atomic E-state index is 13.7. The summed E-state index contributed by atoms with van der Waals surface area (Å²) in [6, 6.07) is 20.4. The van der Waals surface area contributed by atoms with Gasteiger partial charge in [-0.25, -0.2) is 0 Å². The summed E-state index contributed by atoms with van der Waals surface area (Å²) < 4.78 is 11.8. The molecule has 1 aliphatic carbocycles. The average molecular weight is 365 g/mol. The predicted octanol–water partition coefficient (Wildman–Crippen LogP) is 3.90. The minimum atomic E-state index is -0.509. The number of amides is 1. The summed E-state index contributed by atoms with van der Waals surface area (Å²) in [7, 11) is 1.91. The Balaban J connectivity index is 1.59. The quantitative estimate of drug-likeness (QED) is 0.825. The molecule has 1 amide bonds. The van der Waals surface area contributed by atoms with Crippen molar-refractivity contribution in [3.8, 4) is 0 Å². The molecule has 1 spiro atoms. The normalized spacial score (nSPS) is 20.5. The van der Waals surface area contributed by atoms with Crippen LogP contribution >= 0.6 is 0 Å². The lowest BCUT2D eigenvalue weighted by Gasteiger charge is -2.44. The number of rotatable bonds is 4. The second kappa shape index (κ2) is 7.45. The van der Waals surface area contributed by atoms with Gasteiger partial charge >= 0.3 is 0 Å². The summed E-state index contributed by atoms with van der Waals surface area (Å²) in [6.45, 7) is 1.92. The molecule has 142 valence electrons. The van der Waals surface area contributed by atoms with E-state index in [0.717, 1.165) is 36.8 Å². The average Bonchev–Trinajstić information content (AvgIpc) is 3.18. The number of nitrogens with zero attached hydrogens (tertiary/aromatic N) is 1. The standard InChI is InChI=1S/C23H27NO3/c1-24(18-19-8-4-2-5-9-19)21(25)22(20-10-6-3-7-11-20)12-14-23(15-13-22)26-16-17-27-23/h2-11H,12-18H2,1H3. The Hall–Kier alpha value is -2.17. The van der Waals surface area contributed by atoms with Crippen molar-refractivity contribution in [3.05, 3.63) is 71.8 Å². The van der Waals surface area contributed by atoms with E-state index in [1.807, 2.05) is 48.3 Å². The van der Waals surface area contributed by atoms with Gasteiger partial charge in [0, 0.05) is 26.4 Å². The predicted molar refractivity (Wildman–Crippen MR) is 104 cm³/mol. The van der Waals surface area contributed by atoms with Gasteiger partial charge < -0.3 is 14.4 Å². The largest absolute Gasteiger partial charge is 0.348 e. The van der Waals surface area contributed by atoms with E-state index in [0.29, 0.717) is 19.8 Å². The smallest absolute Gasteiger partial charge is 0.233 e. The van der Waals surface area contributed by atoms with E-state index in [-0.39, 0.29) is 5.91 Å². The molecule has 27 heavy (non-hydrogen) atoms. The van der Waals surface area contributed by atoms with Crippen molar-refractivity contribution < 1.29 is 14.3 Å². The molecule has 4 heteroatoms. The van der Waals surface area contributed by atoms with Crippen molar-refractivity contribution >= 4 is 5.91 Å². The van der Waals surface area contributed by atoms with Crippen LogP contribution in [0.4, 0.5) is 0 Å². The first-order chi connectivity index (χ1) is 13.1. The van der Waals surface area contributed by atoms with Gasteiger partial charge in [0.1, 0.15) is 0 Å². The molecule has 0 bridgehead atoms. The molecule has 2 aromatic carbocycles. The van der Waals surface area contributed by atoms with Crippen LogP contribution in [0.5, 0.6) is 0 Å². The highest BCUT2D eigenvalue weighted by atomic mass is 16.7. The Morgan fingerprint density at radius 1 is 0.889 bits per heavy atom. The van der Waals surface area contributed by atoms with E-state index in [2.05, 4.69) is 24.3 Å². The maximum absolute atomic E-state index is 13.7. The van der Waals surface area contributed by atoms with Gasteiger partial charge in [-0.1, -0.05) is 60.7 Å². The number of benzene rings is 2. The molecule has 1 saturated carbocycles. The van der Waals surface area contributed by atoms with E-state index in [1.54, 1.807) is 0 Å². The van der Waals surface area contributed by atoms with Crippen LogP contribution in [0.3, 0.4) is 0 Å². The molecule has 2 aliphatic rings. The Morgan fingerprint density at radius 3 is 2.04 bits per heavy atom. The van der Waals surface area contributed by atoms with Crippen molar-refractivity contribution in [3.63, 3.8) is 0 Å². The molecule has 4 rings (SSSR count). The first kappa shape index (κ1) is 18.2. The van der Waals surface area contributed by atoms with Gasteiger partial charge in [0.25, 0.3) is 0 Å². The zero-order chi connectivity index (χ0) is 18.7. The zero-order valence-electron chi connectivity index (χ0n) is 15.9. The molecular formula is C23H27NO3. The summed E-state index contributed by atoms with van der Waals surface area (Å²) in [4.78, 5) is 15.5. The lowest BCUT2D eigenvalue weighted by atomic mass is 9.66. The lowest BCUT2D eigenvalue weighted by molar-refractivity contribution is -0.188. The fourth-order valence-corrected chi connectivity index (χ4v) is 4.52. The van der Waals surface area contributed by atoms with Crippen LogP contribution in [-0.4, -0.2) is 36.9 Å². The molecule has 1 aliphatic heterocycles.